The summed E-state index contributed by atoms with van der Waals surface area (Å²) in [6.07, 6.45) is -4.53. The average molecular weight is 360 g/mol. The molecule has 1 aliphatic rings. The Morgan fingerprint density at radius 1 is 1.32 bits per heavy atom. The number of fused-ring (bicyclic) bond motifs is 3. The van der Waals surface area contributed by atoms with Gasteiger partial charge in [0.1, 0.15) is 11.0 Å². The van der Waals surface area contributed by atoms with Crippen molar-refractivity contribution in [2.24, 2.45) is 0 Å². The maximum Gasteiger partial charge on any atom is 0.414 e. The Labute approximate surface area is 140 Å². The monoisotopic (exact) mass is 360 g/mol. The number of rotatable bonds is 0. The van der Waals surface area contributed by atoms with Gasteiger partial charge in [-0.2, -0.15) is 17.6 Å². The number of hydrogen-bond donors (Lipinski definition) is 0. The minimum Gasteiger partial charge on any atom is -0.443 e. The fourth-order valence-electron chi connectivity index (χ4n) is 2.79. The number of aromatic nitrogens is 3. The second kappa shape index (κ2) is 5.06. The fourth-order valence-corrected chi connectivity index (χ4v) is 2.79. The van der Waals surface area contributed by atoms with Gasteiger partial charge in [-0.25, -0.2) is 14.3 Å². The second-order valence-corrected chi connectivity index (χ2v) is 7.13. The zero-order chi connectivity index (χ0) is 18.8. The Bertz CT molecular complexity index is 856. The van der Waals surface area contributed by atoms with Crippen molar-refractivity contribution >= 4 is 17.4 Å². The molecule has 0 aromatic carbocycles. The molecular weight excluding hydrogens is 344 g/mol. The molecule has 6 nitrogen and oxygen atoms in total. The van der Waals surface area contributed by atoms with Gasteiger partial charge in [0.15, 0.2) is 5.65 Å². The molecule has 1 amide bonds. The molecule has 1 unspecified atom stereocenters. The second-order valence-electron chi connectivity index (χ2n) is 7.13. The lowest BCUT2D eigenvalue weighted by atomic mass is 9.88. The van der Waals surface area contributed by atoms with Crippen LogP contribution in [0.25, 0.3) is 5.65 Å². The zero-order valence-electron chi connectivity index (χ0n) is 14.0. The van der Waals surface area contributed by atoms with Crippen LogP contribution in [0.15, 0.2) is 12.3 Å². The first-order chi connectivity index (χ1) is 11.3. The van der Waals surface area contributed by atoms with Crippen molar-refractivity contribution in [2.45, 2.75) is 44.9 Å². The molecule has 3 heterocycles. The lowest BCUT2D eigenvalue weighted by Crippen LogP contribution is -2.46. The molecule has 25 heavy (non-hydrogen) atoms. The lowest BCUT2D eigenvalue weighted by molar-refractivity contribution is -0.181. The minimum absolute atomic E-state index is 0.0715. The van der Waals surface area contributed by atoms with Crippen LogP contribution in [0.3, 0.4) is 0 Å². The summed E-state index contributed by atoms with van der Waals surface area (Å²) in [5.74, 6) is -0.957. The summed E-state index contributed by atoms with van der Waals surface area (Å²) >= 11 is 0. The highest BCUT2D eigenvalue weighted by Gasteiger charge is 2.61. The highest BCUT2D eigenvalue weighted by atomic mass is 19.4. The van der Waals surface area contributed by atoms with E-state index >= 15 is 0 Å². The SMILES string of the molecule is CC(C)(C)OC(=O)N1CC(C)(C(F)(F)F)c2c1cnc1cc(F)nn21. The molecule has 0 saturated carbocycles. The van der Waals surface area contributed by atoms with Crippen LogP contribution < -0.4 is 4.90 Å². The number of anilines is 1. The van der Waals surface area contributed by atoms with E-state index in [1.54, 1.807) is 20.8 Å². The van der Waals surface area contributed by atoms with E-state index in [1.807, 2.05) is 0 Å². The fraction of sp³-hybridized carbons (Fsp3) is 0.533. The van der Waals surface area contributed by atoms with Gasteiger partial charge in [0.25, 0.3) is 0 Å². The summed E-state index contributed by atoms with van der Waals surface area (Å²) in [6.45, 7) is 5.05. The molecule has 0 aliphatic carbocycles. The van der Waals surface area contributed by atoms with Crippen LogP contribution in [-0.2, 0) is 10.2 Å². The molecule has 1 atom stereocenters. The van der Waals surface area contributed by atoms with E-state index in [0.29, 0.717) is 0 Å². The van der Waals surface area contributed by atoms with E-state index in [2.05, 4.69) is 10.1 Å². The third-order valence-electron chi connectivity index (χ3n) is 3.96. The van der Waals surface area contributed by atoms with Crippen molar-refractivity contribution in [1.82, 2.24) is 14.6 Å². The molecule has 0 fully saturated rings. The average Bonchev–Trinajstić information content (AvgIpc) is 2.94. The summed E-state index contributed by atoms with van der Waals surface area (Å²) in [5, 5.41) is 3.47. The van der Waals surface area contributed by atoms with Gasteiger partial charge in [0.05, 0.1) is 17.6 Å². The van der Waals surface area contributed by atoms with Crippen LogP contribution in [0.5, 0.6) is 0 Å². The van der Waals surface area contributed by atoms with E-state index < -0.39 is 35.8 Å². The number of ether oxygens (including phenoxy) is 1. The molecule has 0 radical (unpaired) electrons. The highest BCUT2D eigenvalue weighted by molar-refractivity contribution is 5.91. The summed E-state index contributed by atoms with van der Waals surface area (Å²) < 4.78 is 60.8. The van der Waals surface area contributed by atoms with E-state index in [1.165, 1.54) is 0 Å². The molecule has 3 rings (SSSR count). The first-order valence-electron chi connectivity index (χ1n) is 7.45. The number of amides is 1. The Hall–Kier alpha value is -2.39. The van der Waals surface area contributed by atoms with Crippen molar-refractivity contribution in [1.29, 1.82) is 0 Å². The van der Waals surface area contributed by atoms with Gasteiger partial charge in [0, 0.05) is 12.6 Å². The Morgan fingerprint density at radius 3 is 2.52 bits per heavy atom. The van der Waals surface area contributed by atoms with Gasteiger partial charge in [-0.05, 0) is 27.7 Å². The number of hydrogen-bond acceptors (Lipinski definition) is 4. The van der Waals surface area contributed by atoms with Crippen LogP contribution in [0.1, 0.15) is 33.4 Å². The predicted molar refractivity (Wildman–Crippen MR) is 79.9 cm³/mol. The third kappa shape index (κ3) is 2.69. The first kappa shape index (κ1) is 17.4. The number of alkyl halides is 3. The van der Waals surface area contributed by atoms with E-state index in [9.17, 15) is 22.4 Å². The largest absolute Gasteiger partial charge is 0.443 e. The predicted octanol–water partition coefficient (Wildman–Crippen LogP) is 3.44. The normalized spacial score (nSPS) is 20.9. The molecule has 0 bridgehead atoms. The summed E-state index contributed by atoms with van der Waals surface area (Å²) in [7, 11) is 0. The van der Waals surface area contributed by atoms with E-state index in [-0.39, 0.29) is 17.0 Å². The molecule has 2 aromatic heterocycles. The maximum atomic E-state index is 13.8. The van der Waals surface area contributed by atoms with E-state index in [0.717, 1.165) is 28.6 Å². The number of carbonyl (C=O) groups is 1. The molecule has 10 heteroatoms. The number of halogens is 4. The summed E-state index contributed by atoms with van der Waals surface area (Å²) in [6, 6.07) is 0.924. The summed E-state index contributed by atoms with van der Waals surface area (Å²) in [5.41, 5.74) is -3.86. The highest BCUT2D eigenvalue weighted by Crippen LogP contribution is 2.50. The topological polar surface area (TPSA) is 59.7 Å². The smallest absolute Gasteiger partial charge is 0.414 e. The van der Waals surface area contributed by atoms with Crippen LogP contribution in [0.2, 0.25) is 0 Å². The third-order valence-corrected chi connectivity index (χ3v) is 3.96. The van der Waals surface area contributed by atoms with Crippen LogP contribution in [0, 0.1) is 5.95 Å². The molecular formula is C15H16F4N4O2. The molecule has 136 valence electrons. The van der Waals surface area contributed by atoms with Crippen molar-refractivity contribution in [3.63, 3.8) is 0 Å². The van der Waals surface area contributed by atoms with Gasteiger partial charge in [0.2, 0.25) is 5.95 Å². The van der Waals surface area contributed by atoms with Gasteiger partial charge in [-0.1, -0.05) is 0 Å². The van der Waals surface area contributed by atoms with Crippen molar-refractivity contribution in [3.8, 4) is 0 Å². The van der Waals surface area contributed by atoms with Gasteiger partial charge in [-0.15, -0.1) is 5.10 Å². The first-order valence-corrected chi connectivity index (χ1v) is 7.45. The molecule has 0 saturated heterocycles. The van der Waals surface area contributed by atoms with Crippen LogP contribution in [-0.4, -0.2) is 39.0 Å². The molecule has 0 spiro atoms. The Balaban J connectivity index is 2.21. The molecule has 1 aliphatic heterocycles. The van der Waals surface area contributed by atoms with Crippen molar-refractivity contribution in [3.05, 3.63) is 23.9 Å². The standard InChI is InChI=1S/C15H16F4N4O2/c1-13(2,3)25-12(24)22-7-14(4,15(17,18)19)11-8(22)6-20-10-5-9(16)21-23(10)11/h5-6H,7H2,1-4H3. The molecule has 2 aromatic rings. The maximum absolute atomic E-state index is 13.8. The Morgan fingerprint density at radius 2 is 1.96 bits per heavy atom. The number of carbonyl (C=O) groups excluding carboxylic acids is 1. The van der Waals surface area contributed by atoms with Gasteiger partial charge < -0.3 is 4.74 Å². The quantitative estimate of drug-likeness (QED) is 0.676. The van der Waals surface area contributed by atoms with Crippen molar-refractivity contribution < 1.29 is 27.1 Å². The lowest BCUT2D eigenvalue weighted by Gasteiger charge is -2.29. The van der Waals surface area contributed by atoms with Crippen LogP contribution >= 0.6 is 0 Å². The van der Waals surface area contributed by atoms with Gasteiger partial charge >= 0.3 is 12.3 Å². The zero-order valence-corrected chi connectivity index (χ0v) is 14.0. The minimum atomic E-state index is -4.70. The summed E-state index contributed by atoms with van der Waals surface area (Å²) in [4.78, 5) is 17.1. The molecule has 0 N–H and O–H groups in total. The van der Waals surface area contributed by atoms with Crippen LogP contribution in [0.4, 0.5) is 28.0 Å². The van der Waals surface area contributed by atoms with Crippen molar-refractivity contribution in [2.75, 3.05) is 11.4 Å². The van der Waals surface area contributed by atoms with Gasteiger partial charge in [-0.3, -0.25) is 4.90 Å². The van der Waals surface area contributed by atoms with E-state index in [4.69, 9.17) is 4.74 Å². The Kier molecular flexibility index (Phi) is 3.53. The number of nitrogens with zero attached hydrogens (tertiary/aromatic N) is 4.